The number of likely N-dealkylation sites (tertiary alicyclic amines) is 1. The van der Waals surface area contributed by atoms with Gasteiger partial charge in [0.05, 0.1) is 12.6 Å². The molecule has 7 nitrogen and oxygen atoms in total. The van der Waals surface area contributed by atoms with Crippen molar-refractivity contribution in [3.63, 3.8) is 0 Å². The molecular formula is C22H31N5O2. The fourth-order valence-corrected chi connectivity index (χ4v) is 4.29. The van der Waals surface area contributed by atoms with Gasteiger partial charge >= 0.3 is 0 Å². The topological polar surface area (TPSA) is 83.3 Å². The van der Waals surface area contributed by atoms with Crippen LogP contribution in [0.5, 0.6) is 0 Å². The van der Waals surface area contributed by atoms with Gasteiger partial charge in [0.1, 0.15) is 0 Å². The van der Waals surface area contributed by atoms with Crippen LogP contribution in [0.15, 0.2) is 34.9 Å². The Balaban J connectivity index is 1.21. The van der Waals surface area contributed by atoms with E-state index in [0.717, 1.165) is 70.5 Å². The number of benzene rings is 1. The molecule has 1 aromatic heterocycles. The van der Waals surface area contributed by atoms with E-state index in [-0.39, 0.29) is 11.9 Å². The SMILES string of the molecule is O=C(NCC1CCCN(Cc2nc(CCc3ccccc3)no2)C1)C1CCCN1. The number of rotatable bonds is 8. The monoisotopic (exact) mass is 397 g/mol. The van der Waals surface area contributed by atoms with E-state index in [1.807, 2.05) is 6.07 Å². The first-order valence-electron chi connectivity index (χ1n) is 10.8. The van der Waals surface area contributed by atoms with Crippen LogP contribution in [0, 0.1) is 5.92 Å². The van der Waals surface area contributed by atoms with Crippen molar-refractivity contribution < 1.29 is 9.32 Å². The molecule has 3 heterocycles. The van der Waals surface area contributed by atoms with Crippen LogP contribution in [0.2, 0.25) is 0 Å². The molecule has 2 saturated heterocycles. The van der Waals surface area contributed by atoms with Gasteiger partial charge < -0.3 is 15.2 Å². The van der Waals surface area contributed by atoms with Crippen molar-refractivity contribution in [1.82, 2.24) is 25.7 Å². The normalized spacial score (nSPS) is 22.6. The van der Waals surface area contributed by atoms with Gasteiger partial charge in [0, 0.05) is 19.5 Å². The quantitative estimate of drug-likeness (QED) is 0.708. The molecule has 0 saturated carbocycles. The molecule has 1 amide bonds. The first-order chi connectivity index (χ1) is 14.3. The number of carbonyl (C=O) groups is 1. The van der Waals surface area contributed by atoms with Gasteiger partial charge in [-0.3, -0.25) is 9.69 Å². The summed E-state index contributed by atoms with van der Waals surface area (Å²) in [5.74, 6) is 2.09. The predicted octanol–water partition coefficient (Wildman–Crippen LogP) is 1.93. The van der Waals surface area contributed by atoms with Gasteiger partial charge in [-0.25, -0.2) is 0 Å². The molecule has 2 atom stereocenters. The van der Waals surface area contributed by atoms with Gasteiger partial charge in [-0.05, 0) is 56.7 Å². The zero-order valence-electron chi connectivity index (χ0n) is 17.0. The average Bonchev–Trinajstić information content (AvgIpc) is 3.44. The first-order valence-corrected chi connectivity index (χ1v) is 10.8. The van der Waals surface area contributed by atoms with Crippen LogP contribution in [-0.2, 0) is 24.2 Å². The Labute approximate surface area is 172 Å². The van der Waals surface area contributed by atoms with E-state index in [0.29, 0.717) is 18.4 Å². The van der Waals surface area contributed by atoms with Crippen LogP contribution in [0.4, 0.5) is 0 Å². The minimum atomic E-state index is 0.00222. The van der Waals surface area contributed by atoms with Crippen molar-refractivity contribution in [3.05, 3.63) is 47.6 Å². The summed E-state index contributed by atoms with van der Waals surface area (Å²) in [6.45, 7) is 4.38. The number of aryl methyl sites for hydroxylation is 2. The zero-order chi connectivity index (χ0) is 19.9. The van der Waals surface area contributed by atoms with Crippen LogP contribution in [-0.4, -0.2) is 53.2 Å². The number of piperidine rings is 1. The number of carbonyl (C=O) groups excluding carboxylic acids is 1. The second-order valence-electron chi connectivity index (χ2n) is 8.23. The van der Waals surface area contributed by atoms with Crippen LogP contribution in [0.1, 0.15) is 43.0 Å². The molecule has 156 valence electrons. The van der Waals surface area contributed by atoms with Gasteiger partial charge in [0.2, 0.25) is 11.8 Å². The number of nitrogens with one attached hydrogen (secondary N) is 2. The van der Waals surface area contributed by atoms with E-state index in [9.17, 15) is 4.79 Å². The minimum absolute atomic E-state index is 0.00222. The van der Waals surface area contributed by atoms with Crippen LogP contribution in [0.3, 0.4) is 0 Å². The third-order valence-electron chi connectivity index (χ3n) is 5.89. The highest BCUT2D eigenvalue weighted by molar-refractivity contribution is 5.81. The number of nitrogens with zero attached hydrogens (tertiary/aromatic N) is 3. The van der Waals surface area contributed by atoms with E-state index in [4.69, 9.17) is 4.52 Å². The van der Waals surface area contributed by atoms with Crippen molar-refractivity contribution in [3.8, 4) is 0 Å². The highest BCUT2D eigenvalue weighted by Gasteiger charge is 2.25. The zero-order valence-corrected chi connectivity index (χ0v) is 17.0. The van der Waals surface area contributed by atoms with Crippen LogP contribution >= 0.6 is 0 Å². The Morgan fingerprint density at radius 3 is 2.93 bits per heavy atom. The molecule has 0 bridgehead atoms. The molecule has 2 N–H and O–H groups in total. The highest BCUT2D eigenvalue weighted by Crippen LogP contribution is 2.18. The van der Waals surface area contributed by atoms with E-state index < -0.39 is 0 Å². The predicted molar refractivity (Wildman–Crippen MR) is 110 cm³/mol. The summed E-state index contributed by atoms with van der Waals surface area (Å²) in [4.78, 5) is 19.1. The second kappa shape index (κ2) is 9.98. The van der Waals surface area contributed by atoms with Crippen molar-refractivity contribution >= 4 is 5.91 Å². The molecule has 2 aromatic rings. The lowest BCUT2D eigenvalue weighted by Gasteiger charge is -2.32. The van der Waals surface area contributed by atoms with Gasteiger partial charge in [0.15, 0.2) is 5.82 Å². The third kappa shape index (κ3) is 5.87. The van der Waals surface area contributed by atoms with Gasteiger partial charge in [-0.15, -0.1) is 0 Å². The Kier molecular flexibility index (Phi) is 6.90. The molecule has 0 spiro atoms. The van der Waals surface area contributed by atoms with Crippen molar-refractivity contribution in [2.24, 2.45) is 5.92 Å². The Bertz CT molecular complexity index is 773. The molecule has 7 heteroatoms. The molecular weight excluding hydrogens is 366 g/mol. The van der Waals surface area contributed by atoms with Crippen LogP contribution in [0.25, 0.3) is 0 Å². The molecule has 2 unspecified atom stereocenters. The second-order valence-corrected chi connectivity index (χ2v) is 8.23. The Hall–Kier alpha value is -2.25. The molecule has 0 aliphatic carbocycles. The first kappa shape index (κ1) is 20.0. The summed E-state index contributed by atoms with van der Waals surface area (Å²) in [6, 6.07) is 10.4. The van der Waals surface area contributed by atoms with Crippen molar-refractivity contribution in [1.29, 1.82) is 0 Å². The third-order valence-corrected chi connectivity index (χ3v) is 5.89. The van der Waals surface area contributed by atoms with Gasteiger partial charge in [-0.2, -0.15) is 4.98 Å². The molecule has 2 aliphatic rings. The Morgan fingerprint density at radius 2 is 2.10 bits per heavy atom. The minimum Gasteiger partial charge on any atom is -0.354 e. The number of amides is 1. The maximum Gasteiger partial charge on any atom is 0.240 e. The fourth-order valence-electron chi connectivity index (χ4n) is 4.29. The highest BCUT2D eigenvalue weighted by atomic mass is 16.5. The summed E-state index contributed by atoms with van der Waals surface area (Å²) in [6.07, 6.45) is 6.04. The largest absolute Gasteiger partial charge is 0.354 e. The van der Waals surface area contributed by atoms with E-state index in [1.54, 1.807) is 0 Å². The van der Waals surface area contributed by atoms with E-state index in [2.05, 4.69) is 49.9 Å². The fraction of sp³-hybridized carbons (Fsp3) is 0.591. The molecule has 29 heavy (non-hydrogen) atoms. The smallest absolute Gasteiger partial charge is 0.240 e. The van der Waals surface area contributed by atoms with Gasteiger partial charge in [0.25, 0.3) is 0 Å². The number of aromatic nitrogens is 2. The summed E-state index contributed by atoms with van der Waals surface area (Å²) in [7, 11) is 0. The van der Waals surface area contributed by atoms with Gasteiger partial charge in [-0.1, -0.05) is 35.5 Å². The lowest BCUT2D eigenvalue weighted by molar-refractivity contribution is -0.123. The van der Waals surface area contributed by atoms with E-state index in [1.165, 1.54) is 5.56 Å². The standard InChI is InChI=1S/C22H31N5O2/c28-22(19-9-4-12-23-19)24-14-18-8-5-13-27(15-18)16-21-25-20(26-29-21)11-10-17-6-2-1-3-7-17/h1-3,6-7,18-19,23H,4-5,8-16H2,(H,24,28). The maximum absolute atomic E-state index is 12.2. The lowest BCUT2D eigenvalue weighted by atomic mass is 9.98. The lowest BCUT2D eigenvalue weighted by Crippen LogP contribution is -2.45. The summed E-state index contributed by atoms with van der Waals surface area (Å²) < 4.78 is 5.48. The van der Waals surface area contributed by atoms with Crippen molar-refractivity contribution in [2.75, 3.05) is 26.2 Å². The van der Waals surface area contributed by atoms with E-state index >= 15 is 0 Å². The summed E-state index contributed by atoms with van der Waals surface area (Å²) in [5.41, 5.74) is 1.28. The molecule has 0 radical (unpaired) electrons. The Morgan fingerprint density at radius 1 is 1.21 bits per heavy atom. The molecule has 2 aliphatic heterocycles. The van der Waals surface area contributed by atoms with Crippen molar-refractivity contribution in [2.45, 2.75) is 51.1 Å². The summed E-state index contributed by atoms with van der Waals surface area (Å²) in [5, 5.41) is 10.5. The molecule has 2 fully saturated rings. The number of hydrogen-bond donors (Lipinski definition) is 2. The molecule has 4 rings (SSSR count). The summed E-state index contributed by atoms with van der Waals surface area (Å²) >= 11 is 0. The maximum atomic E-state index is 12.2. The van der Waals surface area contributed by atoms with Crippen LogP contribution < -0.4 is 10.6 Å². The average molecular weight is 398 g/mol. The number of hydrogen-bond acceptors (Lipinski definition) is 6. The molecule has 1 aromatic carbocycles.